The van der Waals surface area contributed by atoms with Crippen LogP contribution in [0.4, 0.5) is 5.82 Å². The summed E-state index contributed by atoms with van der Waals surface area (Å²) in [5.41, 5.74) is 3.01. The molecule has 0 bridgehead atoms. The van der Waals surface area contributed by atoms with E-state index in [9.17, 15) is 4.79 Å². The second-order valence-corrected chi connectivity index (χ2v) is 6.91. The topological polar surface area (TPSA) is 49.3 Å². The maximum absolute atomic E-state index is 12.8. The molecule has 0 unspecified atom stereocenters. The number of aryl methyl sites for hydroxylation is 1. The predicted molar refractivity (Wildman–Crippen MR) is 97.7 cm³/mol. The Kier molecular flexibility index (Phi) is 4.38. The molecule has 0 spiro atoms. The minimum atomic E-state index is 0.0939. The molecule has 1 amide bonds. The van der Waals surface area contributed by atoms with Crippen molar-refractivity contribution in [1.29, 1.82) is 0 Å². The van der Waals surface area contributed by atoms with Crippen LogP contribution in [0.15, 0.2) is 30.3 Å². The highest BCUT2D eigenvalue weighted by Crippen LogP contribution is 2.29. The van der Waals surface area contributed by atoms with E-state index in [1.165, 1.54) is 19.3 Å². The highest BCUT2D eigenvalue weighted by Gasteiger charge is 2.28. The van der Waals surface area contributed by atoms with Gasteiger partial charge in [0.25, 0.3) is 5.91 Å². The van der Waals surface area contributed by atoms with Gasteiger partial charge in [0.1, 0.15) is 11.6 Å². The third-order valence-corrected chi connectivity index (χ3v) is 5.11. The fourth-order valence-electron chi connectivity index (χ4n) is 3.82. The van der Waals surface area contributed by atoms with Crippen molar-refractivity contribution in [3.8, 4) is 0 Å². The number of amides is 1. The fraction of sp³-hybridized carbons (Fsp3) is 0.450. The Labute approximate surface area is 148 Å². The number of carbonyl (C=O) groups excluding carboxylic acids is 1. The van der Waals surface area contributed by atoms with Crippen LogP contribution in [0.1, 0.15) is 46.7 Å². The molecule has 25 heavy (non-hydrogen) atoms. The maximum atomic E-state index is 12.8. The largest absolute Gasteiger partial charge is 0.356 e. The van der Waals surface area contributed by atoms with Gasteiger partial charge in [-0.05, 0) is 38.3 Å². The standard InChI is InChI=1S/C20H24N4O/c1-15-21-18-10-13-24(20(25)16-8-4-2-5-9-16)14-17(18)19(22-15)23-11-6-3-7-12-23/h2,4-5,8-9H,3,6-7,10-14H2,1H3. The van der Waals surface area contributed by atoms with E-state index in [1.54, 1.807) is 0 Å². The van der Waals surface area contributed by atoms with E-state index in [4.69, 9.17) is 4.98 Å². The summed E-state index contributed by atoms with van der Waals surface area (Å²) < 4.78 is 0. The average molecular weight is 336 g/mol. The summed E-state index contributed by atoms with van der Waals surface area (Å²) in [7, 11) is 0. The minimum absolute atomic E-state index is 0.0939. The van der Waals surface area contributed by atoms with Gasteiger partial charge in [-0.1, -0.05) is 18.2 Å². The van der Waals surface area contributed by atoms with Crippen LogP contribution >= 0.6 is 0 Å². The van der Waals surface area contributed by atoms with Crippen LogP contribution in [0.5, 0.6) is 0 Å². The summed E-state index contributed by atoms with van der Waals surface area (Å²) in [6, 6.07) is 9.53. The Morgan fingerprint density at radius 2 is 1.76 bits per heavy atom. The Balaban J connectivity index is 1.64. The van der Waals surface area contributed by atoms with Crippen LogP contribution < -0.4 is 4.90 Å². The lowest BCUT2D eigenvalue weighted by molar-refractivity contribution is 0.0733. The van der Waals surface area contributed by atoms with E-state index in [0.29, 0.717) is 6.54 Å². The molecule has 2 aliphatic rings. The van der Waals surface area contributed by atoms with Gasteiger partial charge < -0.3 is 9.80 Å². The number of hydrogen-bond donors (Lipinski definition) is 0. The van der Waals surface area contributed by atoms with Gasteiger partial charge in [0.05, 0.1) is 12.2 Å². The average Bonchev–Trinajstić information content (AvgIpc) is 2.68. The molecule has 4 rings (SSSR count). The van der Waals surface area contributed by atoms with Crippen LogP contribution in [0.25, 0.3) is 0 Å². The molecule has 1 aromatic heterocycles. The molecular formula is C20H24N4O. The second kappa shape index (κ2) is 6.82. The van der Waals surface area contributed by atoms with Gasteiger partial charge in [-0.2, -0.15) is 0 Å². The minimum Gasteiger partial charge on any atom is -0.356 e. The first-order valence-electron chi connectivity index (χ1n) is 9.18. The van der Waals surface area contributed by atoms with Crippen LogP contribution in [0.2, 0.25) is 0 Å². The monoisotopic (exact) mass is 336 g/mol. The van der Waals surface area contributed by atoms with E-state index in [0.717, 1.165) is 54.5 Å². The second-order valence-electron chi connectivity index (χ2n) is 6.91. The van der Waals surface area contributed by atoms with Gasteiger partial charge in [-0.15, -0.1) is 0 Å². The molecule has 3 heterocycles. The molecule has 1 saturated heterocycles. The van der Waals surface area contributed by atoms with Crippen LogP contribution in [-0.4, -0.2) is 40.4 Å². The molecule has 2 aromatic rings. The number of benzene rings is 1. The highest BCUT2D eigenvalue weighted by atomic mass is 16.2. The third-order valence-electron chi connectivity index (χ3n) is 5.11. The molecular weight excluding hydrogens is 312 g/mol. The number of carbonyl (C=O) groups is 1. The van der Waals surface area contributed by atoms with Gasteiger partial charge >= 0.3 is 0 Å². The van der Waals surface area contributed by atoms with Crippen molar-refractivity contribution in [3.05, 3.63) is 53.0 Å². The van der Waals surface area contributed by atoms with Crippen LogP contribution in [0.3, 0.4) is 0 Å². The summed E-state index contributed by atoms with van der Waals surface area (Å²) in [4.78, 5) is 26.6. The molecule has 5 nitrogen and oxygen atoms in total. The van der Waals surface area contributed by atoms with Crippen molar-refractivity contribution in [3.63, 3.8) is 0 Å². The summed E-state index contributed by atoms with van der Waals surface area (Å²) >= 11 is 0. The summed E-state index contributed by atoms with van der Waals surface area (Å²) in [5, 5.41) is 0. The first-order chi connectivity index (χ1) is 12.2. The first kappa shape index (κ1) is 16.1. The zero-order chi connectivity index (χ0) is 17.2. The summed E-state index contributed by atoms with van der Waals surface area (Å²) in [6.45, 7) is 5.39. The zero-order valence-electron chi connectivity index (χ0n) is 14.7. The van der Waals surface area contributed by atoms with Gasteiger partial charge in [0.2, 0.25) is 0 Å². The van der Waals surface area contributed by atoms with Crippen molar-refractivity contribution in [2.75, 3.05) is 24.5 Å². The fourth-order valence-corrected chi connectivity index (χ4v) is 3.82. The van der Waals surface area contributed by atoms with E-state index in [-0.39, 0.29) is 5.91 Å². The zero-order valence-corrected chi connectivity index (χ0v) is 14.7. The summed E-state index contributed by atoms with van der Waals surface area (Å²) in [6.07, 6.45) is 4.52. The van der Waals surface area contributed by atoms with E-state index < -0.39 is 0 Å². The predicted octanol–water partition coefficient (Wildman–Crippen LogP) is 2.97. The van der Waals surface area contributed by atoms with Gasteiger partial charge in [0.15, 0.2) is 0 Å². The van der Waals surface area contributed by atoms with Gasteiger partial charge in [-0.25, -0.2) is 9.97 Å². The molecule has 0 saturated carbocycles. The van der Waals surface area contributed by atoms with E-state index in [2.05, 4.69) is 9.88 Å². The Morgan fingerprint density at radius 3 is 2.52 bits per heavy atom. The molecule has 0 atom stereocenters. The number of hydrogen-bond acceptors (Lipinski definition) is 4. The molecule has 5 heteroatoms. The lowest BCUT2D eigenvalue weighted by Crippen LogP contribution is -2.39. The van der Waals surface area contributed by atoms with Gasteiger partial charge in [-0.3, -0.25) is 4.79 Å². The number of nitrogens with zero attached hydrogens (tertiary/aromatic N) is 4. The molecule has 1 fully saturated rings. The van der Waals surface area contributed by atoms with Crippen molar-refractivity contribution in [1.82, 2.24) is 14.9 Å². The Morgan fingerprint density at radius 1 is 1.00 bits per heavy atom. The normalized spacial score (nSPS) is 17.3. The number of rotatable bonds is 2. The molecule has 2 aliphatic heterocycles. The first-order valence-corrected chi connectivity index (χ1v) is 9.18. The van der Waals surface area contributed by atoms with E-state index in [1.807, 2.05) is 42.2 Å². The quantitative estimate of drug-likeness (QED) is 0.846. The number of piperidine rings is 1. The number of anilines is 1. The molecule has 0 radical (unpaired) electrons. The molecule has 0 N–H and O–H groups in total. The number of aromatic nitrogens is 2. The molecule has 1 aromatic carbocycles. The Bertz CT molecular complexity index is 769. The lowest BCUT2D eigenvalue weighted by atomic mass is 10.0. The van der Waals surface area contributed by atoms with Crippen molar-refractivity contribution in [2.45, 2.75) is 39.2 Å². The van der Waals surface area contributed by atoms with Gasteiger partial charge in [0, 0.05) is 37.2 Å². The molecule has 0 aliphatic carbocycles. The third kappa shape index (κ3) is 3.23. The SMILES string of the molecule is Cc1nc2c(c(N3CCCCC3)n1)CN(C(=O)c1ccccc1)CC2. The van der Waals surface area contributed by atoms with E-state index >= 15 is 0 Å². The van der Waals surface area contributed by atoms with Crippen molar-refractivity contribution < 1.29 is 4.79 Å². The number of fused-ring (bicyclic) bond motifs is 1. The van der Waals surface area contributed by atoms with Crippen LogP contribution in [-0.2, 0) is 13.0 Å². The Hall–Kier alpha value is -2.43. The highest BCUT2D eigenvalue weighted by molar-refractivity contribution is 5.94. The van der Waals surface area contributed by atoms with Crippen molar-refractivity contribution >= 4 is 11.7 Å². The molecule has 130 valence electrons. The lowest BCUT2D eigenvalue weighted by Gasteiger charge is -2.34. The smallest absolute Gasteiger partial charge is 0.254 e. The summed E-state index contributed by atoms with van der Waals surface area (Å²) in [5.74, 6) is 1.98. The maximum Gasteiger partial charge on any atom is 0.254 e. The van der Waals surface area contributed by atoms with Crippen molar-refractivity contribution in [2.24, 2.45) is 0 Å². The van der Waals surface area contributed by atoms with Crippen LogP contribution in [0, 0.1) is 6.92 Å².